The number of aromatic nitrogens is 2. The van der Waals surface area contributed by atoms with Crippen LogP contribution in [0, 0.1) is 6.92 Å². The van der Waals surface area contributed by atoms with Crippen LogP contribution in [0.2, 0.25) is 0 Å². The molecule has 3 heterocycles. The average Bonchev–Trinajstić information content (AvgIpc) is 3.03. The standard InChI is InChI=1S/C19H17N3OS/c1-13-17(24-18(21-13)15-8-10-20-11-9-15)19(23)22-12-4-6-14-5-2-3-7-16(14)22/h2-3,5,7-11H,4,6,12H2,1H3. The minimum Gasteiger partial charge on any atom is -0.307 e. The van der Waals surface area contributed by atoms with Crippen LogP contribution >= 0.6 is 11.3 Å². The van der Waals surface area contributed by atoms with Crippen molar-refractivity contribution in [2.75, 3.05) is 11.4 Å². The molecule has 120 valence electrons. The Balaban J connectivity index is 1.70. The third-order valence-electron chi connectivity index (χ3n) is 4.27. The van der Waals surface area contributed by atoms with Crippen LogP contribution in [0.15, 0.2) is 48.8 Å². The number of benzene rings is 1. The van der Waals surface area contributed by atoms with Crippen LogP contribution in [-0.2, 0) is 6.42 Å². The van der Waals surface area contributed by atoms with E-state index in [1.54, 1.807) is 12.4 Å². The van der Waals surface area contributed by atoms with E-state index in [0.717, 1.165) is 46.2 Å². The van der Waals surface area contributed by atoms with Gasteiger partial charge in [0.2, 0.25) is 0 Å². The predicted octanol–water partition coefficient (Wildman–Crippen LogP) is 4.11. The number of fused-ring (bicyclic) bond motifs is 1. The summed E-state index contributed by atoms with van der Waals surface area (Å²) in [4.78, 5) is 24.4. The number of para-hydroxylation sites is 1. The number of carbonyl (C=O) groups excluding carboxylic acids is 1. The number of carbonyl (C=O) groups is 1. The van der Waals surface area contributed by atoms with E-state index >= 15 is 0 Å². The molecule has 2 aromatic heterocycles. The Bertz CT molecular complexity index is 889. The number of aryl methyl sites for hydroxylation is 2. The quantitative estimate of drug-likeness (QED) is 0.708. The first kappa shape index (κ1) is 15.0. The molecule has 0 atom stereocenters. The summed E-state index contributed by atoms with van der Waals surface area (Å²) < 4.78 is 0. The van der Waals surface area contributed by atoms with Crippen molar-refractivity contribution < 1.29 is 4.79 Å². The third-order valence-corrected chi connectivity index (χ3v) is 5.47. The second-order valence-corrected chi connectivity index (χ2v) is 6.86. The first-order valence-electron chi connectivity index (χ1n) is 8.01. The van der Waals surface area contributed by atoms with Crippen molar-refractivity contribution in [2.45, 2.75) is 19.8 Å². The monoisotopic (exact) mass is 335 g/mol. The van der Waals surface area contributed by atoms with Crippen molar-refractivity contribution in [3.05, 3.63) is 64.9 Å². The Kier molecular flexibility index (Phi) is 3.86. The lowest BCUT2D eigenvalue weighted by Crippen LogP contribution is -2.35. The fourth-order valence-corrected chi connectivity index (χ4v) is 4.10. The van der Waals surface area contributed by atoms with Gasteiger partial charge >= 0.3 is 0 Å². The molecule has 3 aromatic rings. The zero-order valence-electron chi connectivity index (χ0n) is 13.4. The predicted molar refractivity (Wildman–Crippen MR) is 96.5 cm³/mol. The fraction of sp³-hybridized carbons (Fsp3) is 0.211. The van der Waals surface area contributed by atoms with Crippen LogP contribution in [0.5, 0.6) is 0 Å². The van der Waals surface area contributed by atoms with Gasteiger partial charge in [0.25, 0.3) is 5.91 Å². The van der Waals surface area contributed by atoms with Gasteiger partial charge in [0.05, 0.1) is 5.69 Å². The minimum absolute atomic E-state index is 0.0532. The molecule has 1 aromatic carbocycles. The van der Waals surface area contributed by atoms with Crippen LogP contribution in [0.25, 0.3) is 10.6 Å². The topological polar surface area (TPSA) is 46.1 Å². The number of rotatable bonds is 2. The van der Waals surface area contributed by atoms with Gasteiger partial charge in [-0.2, -0.15) is 0 Å². The molecule has 0 fully saturated rings. The minimum atomic E-state index is 0.0532. The molecule has 0 N–H and O–H groups in total. The van der Waals surface area contributed by atoms with E-state index in [9.17, 15) is 4.79 Å². The van der Waals surface area contributed by atoms with Crippen molar-refractivity contribution in [2.24, 2.45) is 0 Å². The van der Waals surface area contributed by atoms with E-state index in [1.165, 1.54) is 16.9 Å². The molecule has 24 heavy (non-hydrogen) atoms. The fourth-order valence-electron chi connectivity index (χ4n) is 3.08. The number of hydrogen-bond acceptors (Lipinski definition) is 4. The van der Waals surface area contributed by atoms with E-state index in [-0.39, 0.29) is 5.91 Å². The SMILES string of the molecule is Cc1nc(-c2ccncc2)sc1C(=O)N1CCCc2ccccc21. The Labute approximate surface area is 144 Å². The van der Waals surface area contributed by atoms with E-state index in [1.807, 2.05) is 42.2 Å². The van der Waals surface area contributed by atoms with Crippen LogP contribution in [0.3, 0.4) is 0 Å². The van der Waals surface area contributed by atoms with Crippen molar-refractivity contribution in [1.29, 1.82) is 0 Å². The number of pyridine rings is 1. The highest BCUT2D eigenvalue weighted by molar-refractivity contribution is 7.17. The van der Waals surface area contributed by atoms with Gasteiger partial charge < -0.3 is 4.90 Å². The van der Waals surface area contributed by atoms with Gasteiger partial charge in [-0.3, -0.25) is 9.78 Å². The molecule has 0 unspecified atom stereocenters. The number of nitrogens with zero attached hydrogens (tertiary/aromatic N) is 3. The van der Waals surface area contributed by atoms with Gasteiger partial charge in [0, 0.05) is 30.2 Å². The summed E-state index contributed by atoms with van der Waals surface area (Å²) in [5.41, 5.74) is 4.07. The van der Waals surface area contributed by atoms with E-state index < -0.39 is 0 Å². The smallest absolute Gasteiger partial charge is 0.270 e. The van der Waals surface area contributed by atoms with Gasteiger partial charge in [-0.15, -0.1) is 11.3 Å². The lowest BCUT2D eigenvalue weighted by atomic mass is 10.0. The lowest BCUT2D eigenvalue weighted by Gasteiger charge is -2.29. The molecule has 1 aliphatic heterocycles. The summed E-state index contributed by atoms with van der Waals surface area (Å²) in [7, 11) is 0. The highest BCUT2D eigenvalue weighted by atomic mass is 32.1. The van der Waals surface area contributed by atoms with Gasteiger partial charge in [-0.05, 0) is 43.5 Å². The van der Waals surface area contributed by atoms with Crippen LogP contribution in [0.4, 0.5) is 5.69 Å². The summed E-state index contributed by atoms with van der Waals surface area (Å²) in [6.45, 7) is 2.67. The molecule has 0 saturated heterocycles. The number of anilines is 1. The summed E-state index contributed by atoms with van der Waals surface area (Å²) in [6, 6.07) is 12.0. The first-order chi connectivity index (χ1) is 11.7. The number of amides is 1. The molecule has 0 bridgehead atoms. The van der Waals surface area contributed by atoms with E-state index in [4.69, 9.17) is 0 Å². The Morgan fingerprint density at radius 3 is 2.79 bits per heavy atom. The lowest BCUT2D eigenvalue weighted by molar-refractivity contribution is 0.0988. The summed E-state index contributed by atoms with van der Waals surface area (Å²) in [6.07, 6.45) is 5.52. The second-order valence-electron chi connectivity index (χ2n) is 5.86. The zero-order chi connectivity index (χ0) is 16.5. The molecule has 0 spiro atoms. The molecule has 0 radical (unpaired) electrons. The summed E-state index contributed by atoms with van der Waals surface area (Å²) in [5, 5.41) is 0.864. The van der Waals surface area contributed by atoms with E-state index in [0.29, 0.717) is 0 Å². The van der Waals surface area contributed by atoms with Crippen LogP contribution < -0.4 is 4.90 Å². The van der Waals surface area contributed by atoms with Gasteiger partial charge in [-0.25, -0.2) is 4.98 Å². The average molecular weight is 335 g/mol. The first-order valence-corrected chi connectivity index (χ1v) is 8.83. The maximum absolute atomic E-state index is 13.1. The Hall–Kier alpha value is -2.53. The second kappa shape index (κ2) is 6.17. The molecular formula is C19H17N3OS. The summed E-state index contributed by atoms with van der Waals surface area (Å²) >= 11 is 1.46. The van der Waals surface area contributed by atoms with Gasteiger partial charge in [0.1, 0.15) is 9.88 Å². The Morgan fingerprint density at radius 2 is 1.96 bits per heavy atom. The summed E-state index contributed by atoms with van der Waals surface area (Å²) in [5.74, 6) is 0.0532. The number of hydrogen-bond donors (Lipinski definition) is 0. The van der Waals surface area contributed by atoms with Crippen molar-refractivity contribution in [1.82, 2.24) is 9.97 Å². The molecular weight excluding hydrogens is 318 g/mol. The van der Waals surface area contributed by atoms with Crippen molar-refractivity contribution in [3.63, 3.8) is 0 Å². The van der Waals surface area contributed by atoms with E-state index in [2.05, 4.69) is 16.0 Å². The van der Waals surface area contributed by atoms with Gasteiger partial charge in [-0.1, -0.05) is 18.2 Å². The van der Waals surface area contributed by atoms with Crippen LogP contribution in [-0.4, -0.2) is 22.4 Å². The molecule has 5 heteroatoms. The molecule has 0 aliphatic carbocycles. The Morgan fingerprint density at radius 1 is 1.17 bits per heavy atom. The highest BCUT2D eigenvalue weighted by Gasteiger charge is 2.26. The van der Waals surface area contributed by atoms with Gasteiger partial charge in [0.15, 0.2) is 0 Å². The molecule has 4 nitrogen and oxygen atoms in total. The van der Waals surface area contributed by atoms with Crippen molar-refractivity contribution in [3.8, 4) is 10.6 Å². The molecule has 4 rings (SSSR count). The number of thiazole rings is 1. The van der Waals surface area contributed by atoms with Crippen molar-refractivity contribution >= 4 is 22.9 Å². The maximum atomic E-state index is 13.1. The largest absolute Gasteiger partial charge is 0.307 e. The molecule has 0 saturated carbocycles. The van der Waals surface area contributed by atoms with Crippen LogP contribution in [0.1, 0.15) is 27.3 Å². The highest BCUT2D eigenvalue weighted by Crippen LogP contribution is 2.32. The maximum Gasteiger partial charge on any atom is 0.270 e. The molecule has 1 aliphatic rings. The zero-order valence-corrected chi connectivity index (χ0v) is 14.2. The third kappa shape index (κ3) is 2.61. The normalized spacial score (nSPS) is 13.6. The molecule has 1 amide bonds.